The Kier molecular flexibility index (Phi) is 6.45. The van der Waals surface area contributed by atoms with E-state index in [1.807, 2.05) is 6.92 Å². The molecule has 0 saturated carbocycles. The van der Waals surface area contributed by atoms with Gasteiger partial charge in [-0.1, -0.05) is 23.7 Å². The molecule has 0 aliphatic carbocycles. The number of ether oxygens (including phenoxy) is 2. The first-order chi connectivity index (χ1) is 11.6. The van der Waals surface area contributed by atoms with E-state index in [2.05, 4.69) is 10.5 Å². The molecule has 24 heavy (non-hydrogen) atoms. The quantitative estimate of drug-likeness (QED) is 0.595. The summed E-state index contributed by atoms with van der Waals surface area (Å²) in [4.78, 5) is 11.7. The summed E-state index contributed by atoms with van der Waals surface area (Å²) in [7, 11) is 0. The molecular formula is C17H17ClN2O4. The summed E-state index contributed by atoms with van der Waals surface area (Å²) >= 11 is 5.93. The first kappa shape index (κ1) is 17.6. The van der Waals surface area contributed by atoms with Gasteiger partial charge in [-0.2, -0.15) is 5.10 Å². The summed E-state index contributed by atoms with van der Waals surface area (Å²) in [6.07, 6.45) is 1.44. The van der Waals surface area contributed by atoms with Gasteiger partial charge in [0.2, 0.25) is 0 Å². The van der Waals surface area contributed by atoms with E-state index < -0.39 is 5.91 Å². The fraction of sp³-hybridized carbons (Fsp3) is 0.176. The fourth-order valence-corrected chi connectivity index (χ4v) is 1.99. The molecule has 0 atom stereocenters. The second-order valence-electron chi connectivity index (χ2n) is 4.67. The number of rotatable bonds is 7. The van der Waals surface area contributed by atoms with Crippen LogP contribution in [0.1, 0.15) is 12.5 Å². The van der Waals surface area contributed by atoms with Crippen molar-refractivity contribution in [1.29, 1.82) is 0 Å². The predicted molar refractivity (Wildman–Crippen MR) is 92.0 cm³/mol. The molecule has 2 N–H and O–H groups in total. The van der Waals surface area contributed by atoms with Crippen molar-refractivity contribution in [1.82, 2.24) is 5.43 Å². The number of halogens is 1. The van der Waals surface area contributed by atoms with Crippen LogP contribution in [-0.4, -0.2) is 30.4 Å². The van der Waals surface area contributed by atoms with Crippen LogP contribution in [0.2, 0.25) is 5.02 Å². The summed E-state index contributed by atoms with van der Waals surface area (Å²) in [5.74, 6) is 0.411. The van der Waals surface area contributed by atoms with Gasteiger partial charge in [0, 0.05) is 0 Å². The minimum atomic E-state index is -0.421. The van der Waals surface area contributed by atoms with Gasteiger partial charge in [0.05, 0.1) is 17.8 Å². The molecule has 0 bridgehead atoms. The Labute approximate surface area is 144 Å². The van der Waals surface area contributed by atoms with Gasteiger partial charge in [-0.05, 0) is 42.8 Å². The van der Waals surface area contributed by atoms with Crippen molar-refractivity contribution in [3.63, 3.8) is 0 Å². The first-order valence-corrected chi connectivity index (χ1v) is 7.63. The Balaban J connectivity index is 1.86. The van der Waals surface area contributed by atoms with E-state index in [1.54, 1.807) is 36.4 Å². The topological polar surface area (TPSA) is 80.2 Å². The molecule has 0 spiro atoms. The van der Waals surface area contributed by atoms with E-state index >= 15 is 0 Å². The van der Waals surface area contributed by atoms with Crippen molar-refractivity contribution in [2.45, 2.75) is 6.92 Å². The van der Waals surface area contributed by atoms with Gasteiger partial charge >= 0.3 is 0 Å². The molecule has 0 aliphatic rings. The van der Waals surface area contributed by atoms with Crippen LogP contribution in [0.4, 0.5) is 0 Å². The molecule has 2 rings (SSSR count). The molecule has 0 radical (unpaired) electrons. The second-order valence-corrected chi connectivity index (χ2v) is 5.08. The molecule has 2 aromatic carbocycles. The van der Waals surface area contributed by atoms with Gasteiger partial charge in [0.15, 0.2) is 18.1 Å². The maximum atomic E-state index is 11.7. The number of hydrazone groups is 1. The van der Waals surface area contributed by atoms with E-state index in [1.165, 1.54) is 12.3 Å². The Bertz CT molecular complexity index is 734. The van der Waals surface area contributed by atoms with Crippen LogP contribution in [0.5, 0.6) is 17.2 Å². The third-order valence-corrected chi connectivity index (χ3v) is 3.19. The lowest BCUT2D eigenvalue weighted by Crippen LogP contribution is -2.24. The van der Waals surface area contributed by atoms with Crippen LogP contribution < -0.4 is 14.9 Å². The Hall–Kier alpha value is -2.73. The number of carbonyl (C=O) groups is 1. The molecule has 0 aromatic heterocycles. The second kappa shape index (κ2) is 8.79. The third-order valence-electron chi connectivity index (χ3n) is 2.88. The van der Waals surface area contributed by atoms with Crippen molar-refractivity contribution in [2.24, 2.45) is 5.10 Å². The van der Waals surface area contributed by atoms with Crippen molar-refractivity contribution in [3.8, 4) is 17.2 Å². The number of hydrogen-bond donors (Lipinski definition) is 2. The normalized spacial score (nSPS) is 10.6. The lowest BCUT2D eigenvalue weighted by molar-refractivity contribution is -0.123. The van der Waals surface area contributed by atoms with Gasteiger partial charge in [-0.25, -0.2) is 5.43 Å². The SMILES string of the molecule is CCOc1cc(/C=N\NC(=O)COc2ccccc2Cl)ccc1O. The van der Waals surface area contributed by atoms with Crippen LogP contribution in [0.15, 0.2) is 47.6 Å². The predicted octanol–water partition coefficient (Wildman–Crippen LogP) is 2.97. The molecule has 0 heterocycles. The van der Waals surface area contributed by atoms with Crippen molar-refractivity contribution >= 4 is 23.7 Å². The van der Waals surface area contributed by atoms with Gasteiger partial charge < -0.3 is 14.6 Å². The first-order valence-electron chi connectivity index (χ1n) is 7.25. The van der Waals surface area contributed by atoms with Crippen molar-refractivity contribution in [3.05, 3.63) is 53.1 Å². The van der Waals surface area contributed by atoms with E-state index in [-0.39, 0.29) is 12.4 Å². The Morgan fingerprint density at radius 3 is 2.79 bits per heavy atom. The van der Waals surface area contributed by atoms with Crippen LogP contribution >= 0.6 is 11.6 Å². The molecule has 7 heteroatoms. The maximum absolute atomic E-state index is 11.7. The summed E-state index contributed by atoms with van der Waals surface area (Å²) in [5, 5.41) is 13.9. The lowest BCUT2D eigenvalue weighted by Gasteiger charge is -2.07. The summed E-state index contributed by atoms with van der Waals surface area (Å²) in [5.41, 5.74) is 3.02. The lowest BCUT2D eigenvalue weighted by atomic mass is 10.2. The highest BCUT2D eigenvalue weighted by atomic mass is 35.5. The van der Waals surface area contributed by atoms with Crippen molar-refractivity contribution in [2.75, 3.05) is 13.2 Å². The van der Waals surface area contributed by atoms with Crippen LogP contribution in [0, 0.1) is 0 Å². The number of amides is 1. The summed E-state index contributed by atoms with van der Waals surface area (Å²) in [6, 6.07) is 11.6. The van der Waals surface area contributed by atoms with E-state index in [0.717, 1.165) is 0 Å². The fourth-order valence-electron chi connectivity index (χ4n) is 1.80. The number of aromatic hydroxyl groups is 1. The maximum Gasteiger partial charge on any atom is 0.277 e. The summed E-state index contributed by atoms with van der Waals surface area (Å²) in [6.45, 7) is 2.05. The van der Waals surface area contributed by atoms with Gasteiger partial charge in [0.1, 0.15) is 5.75 Å². The zero-order chi connectivity index (χ0) is 17.4. The molecule has 1 amide bonds. The van der Waals surface area contributed by atoms with E-state index in [9.17, 15) is 9.90 Å². The average molecular weight is 349 g/mol. The molecular weight excluding hydrogens is 332 g/mol. The number of benzene rings is 2. The van der Waals surface area contributed by atoms with Crippen LogP contribution in [-0.2, 0) is 4.79 Å². The Morgan fingerprint density at radius 1 is 1.25 bits per heavy atom. The largest absolute Gasteiger partial charge is 0.504 e. The standard InChI is InChI=1S/C17H17ClN2O4/c1-2-23-16-9-12(7-8-14(16)21)10-19-20-17(22)11-24-15-6-4-3-5-13(15)18/h3-10,21H,2,11H2,1H3,(H,20,22)/b19-10-. The number of carbonyl (C=O) groups excluding carboxylic acids is 1. The molecule has 0 unspecified atom stereocenters. The molecule has 0 fully saturated rings. The minimum Gasteiger partial charge on any atom is -0.504 e. The molecule has 0 aliphatic heterocycles. The molecule has 2 aromatic rings. The van der Waals surface area contributed by atoms with E-state index in [4.69, 9.17) is 21.1 Å². The highest BCUT2D eigenvalue weighted by molar-refractivity contribution is 6.32. The van der Waals surface area contributed by atoms with Crippen molar-refractivity contribution < 1.29 is 19.4 Å². The smallest absolute Gasteiger partial charge is 0.277 e. The molecule has 126 valence electrons. The number of hydrogen-bond acceptors (Lipinski definition) is 5. The molecule has 6 nitrogen and oxygen atoms in total. The number of nitrogens with one attached hydrogen (secondary N) is 1. The molecule has 0 saturated heterocycles. The van der Waals surface area contributed by atoms with Gasteiger partial charge in [0.25, 0.3) is 5.91 Å². The zero-order valence-electron chi connectivity index (χ0n) is 13.0. The Morgan fingerprint density at radius 2 is 2.04 bits per heavy atom. The number of phenols is 1. The highest BCUT2D eigenvalue weighted by Gasteiger charge is 2.05. The van der Waals surface area contributed by atoms with Gasteiger partial charge in [-0.15, -0.1) is 0 Å². The van der Waals surface area contributed by atoms with Crippen LogP contribution in [0.25, 0.3) is 0 Å². The number of phenolic OH excluding ortho intramolecular Hbond substituents is 1. The highest BCUT2D eigenvalue weighted by Crippen LogP contribution is 2.26. The third kappa shape index (κ3) is 5.17. The number of para-hydroxylation sites is 1. The summed E-state index contributed by atoms with van der Waals surface area (Å²) < 4.78 is 10.6. The zero-order valence-corrected chi connectivity index (χ0v) is 13.8. The van der Waals surface area contributed by atoms with Crippen LogP contribution in [0.3, 0.4) is 0 Å². The van der Waals surface area contributed by atoms with E-state index in [0.29, 0.717) is 28.7 Å². The average Bonchev–Trinajstić information content (AvgIpc) is 2.57. The van der Waals surface area contributed by atoms with Gasteiger partial charge in [-0.3, -0.25) is 4.79 Å². The minimum absolute atomic E-state index is 0.0474. The number of nitrogens with zero attached hydrogens (tertiary/aromatic N) is 1. The monoisotopic (exact) mass is 348 g/mol.